The van der Waals surface area contributed by atoms with E-state index in [2.05, 4.69) is 33.8 Å². The normalized spacial score (nSPS) is 45.1. The quantitative estimate of drug-likeness (QED) is 0.518. The van der Waals surface area contributed by atoms with Crippen LogP contribution in [0.25, 0.3) is 0 Å². The Bertz CT molecular complexity index is 319. The highest BCUT2D eigenvalue weighted by Gasteiger charge is 2.56. The Morgan fingerprint density at radius 3 is 2.71 bits per heavy atom. The second kappa shape index (κ2) is 4.40. The van der Waals surface area contributed by atoms with Gasteiger partial charge in [0.05, 0.1) is 12.2 Å². The second-order valence-corrected chi connectivity index (χ2v) is 6.80. The molecule has 0 unspecified atom stereocenters. The molecule has 0 spiro atoms. The Morgan fingerprint density at radius 2 is 2.00 bits per heavy atom. The number of ether oxygens (including phenoxy) is 1. The van der Waals surface area contributed by atoms with Crippen LogP contribution in [0.2, 0.25) is 0 Å². The zero-order chi connectivity index (χ0) is 12.7. The summed E-state index contributed by atoms with van der Waals surface area (Å²) in [6.07, 6.45) is 7.52. The molecule has 0 aromatic heterocycles. The van der Waals surface area contributed by atoms with Gasteiger partial charge in [0.25, 0.3) is 0 Å². The van der Waals surface area contributed by atoms with E-state index in [1.165, 1.54) is 5.57 Å². The van der Waals surface area contributed by atoms with E-state index in [0.717, 1.165) is 32.1 Å². The summed E-state index contributed by atoms with van der Waals surface area (Å²) in [5.41, 5.74) is 1.49. The van der Waals surface area contributed by atoms with E-state index in [-0.39, 0.29) is 23.2 Å². The minimum absolute atomic E-state index is 0.263. The molecule has 1 saturated heterocycles. The molecule has 1 fully saturated rings. The van der Waals surface area contributed by atoms with Gasteiger partial charge in [0.1, 0.15) is 5.60 Å². The Hall–Kier alpha value is -0.340. The predicted octanol–water partition coefficient (Wildman–Crippen LogP) is 3.44. The molecular formula is C15H26O2. The average Bonchev–Trinajstić information content (AvgIpc) is 2.93. The topological polar surface area (TPSA) is 32.8 Å². The van der Waals surface area contributed by atoms with Crippen molar-refractivity contribution in [1.29, 1.82) is 0 Å². The smallest absolute Gasteiger partial charge is 0.118 e. The molecule has 0 aromatic carbocycles. The van der Waals surface area contributed by atoms with Gasteiger partial charge < -0.3 is 9.84 Å². The summed E-state index contributed by atoms with van der Waals surface area (Å²) in [7, 11) is 0. The van der Waals surface area contributed by atoms with E-state index in [0.29, 0.717) is 0 Å². The monoisotopic (exact) mass is 238 g/mol. The lowest BCUT2D eigenvalue weighted by atomic mass is 9.81. The van der Waals surface area contributed by atoms with Crippen molar-refractivity contribution in [2.45, 2.75) is 77.6 Å². The third-order valence-electron chi connectivity index (χ3n) is 4.54. The summed E-state index contributed by atoms with van der Waals surface area (Å²) in [6.45, 7) is 8.85. The van der Waals surface area contributed by atoms with Gasteiger partial charge in [0.2, 0.25) is 0 Å². The molecule has 1 heterocycles. The van der Waals surface area contributed by atoms with Crippen LogP contribution in [0, 0.1) is 5.41 Å². The molecule has 0 aromatic rings. The lowest BCUT2D eigenvalue weighted by Crippen LogP contribution is -2.30. The third-order valence-corrected chi connectivity index (χ3v) is 4.54. The standard InChI is InChI=1S/C15H26O2/c1-11-5-6-13-15(4,17-13)12(16)8-10-14(2,3)9-7-11/h7,12-13,16H,5-6,8-10H2,1-4H3/b11-7-/t12-,13-,15+/m1/s1. The van der Waals surface area contributed by atoms with Crippen LogP contribution in [0.15, 0.2) is 11.6 Å². The summed E-state index contributed by atoms with van der Waals surface area (Å²) in [6, 6.07) is 0. The molecule has 0 bridgehead atoms. The van der Waals surface area contributed by atoms with Crippen molar-refractivity contribution >= 4 is 0 Å². The van der Waals surface area contributed by atoms with Crippen molar-refractivity contribution in [1.82, 2.24) is 0 Å². The van der Waals surface area contributed by atoms with E-state index >= 15 is 0 Å². The Kier molecular flexibility index (Phi) is 3.39. The first-order valence-corrected chi connectivity index (χ1v) is 6.85. The van der Waals surface area contributed by atoms with Crippen LogP contribution in [0.1, 0.15) is 59.8 Å². The van der Waals surface area contributed by atoms with E-state index in [1.807, 2.05) is 0 Å². The number of fused-ring (bicyclic) bond motifs is 1. The van der Waals surface area contributed by atoms with Crippen LogP contribution in [0.3, 0.4) is 0 Å². The van der Waals surface area contributed by atoms with Gasteiger partial charge in [-0.2, -0.15) is 0 Å². The fourth-order valence-electron chi connectivity index (χ4n) is 2.74. The van der Waals surface area contributed by atoms with E-state index in [1.54, 1.807) is 0 Å². The van der Waals surface area contributed by atoms with Gasteiger partial charge in [-0.3, -0.25) is 0 Å². The predicted molar refractivity (Wildman–Crippen MR) is 69.9 cm³/mol. The number of epoxide rings is 1. The fraction of sp³-hybridized carbons (Fsp3) is 0.867. The molecule has 2 nitrogen and oxygen atoms in total. The Labute approximate surface area is 105 Å². The van der Waals surface area contributed by atoms with Crippen molar-refractivity contribution in [2.24, 2.45) is 5.41 Å². The number of aliphatic hydroxyl groups excluding tert-OH is 1. The van der Waals surface area contributed by atoms with Crippen molar-refractivity contribution < 1.29 is 9.84 Å². The van der Waals surface area contributed by atoms with Crippen LogP contribution < -0.4 is 0 Å². The summed E-state index contributed by atoms with van der Waals surface area (Å²) in [4.78, 5) is 0. The third kappa shape index (κ3) is 2.92. The first-order valence-electron chi connectivity index (χ1n) is 6.85. The Balaban J connectivity index is 2.09. The van der Waals surface area contributed by atoms with E-state index in [4.69, 9.17) is 4.74 Å². The lowest BCUT2D eigenvalue weighted by molar-refractivity contribution is 0.0659. The SMILES string of the molecule is C/C1=C/CC(C)(C)CC[C@@H](O)[C@]2(C)O[C@@H]2CC1. The van der Waals surface area contributed by atoms with E-state index < -0.39 is 0 Å². The highest BCUT2D eigenvalue weighted by atomic mass is 16.6. The zero-order valence-electron chi connectivity index (χ0n) is 11.6. The highest BCUT2D eigenvalue weighted by Crippen LogP contribution is 2.45. The molecule has 2 rings (SSSR count). The van der Waals surface area contributed by atoms with Crippen molar-refractivity contribution in [3.63, 3.8) is 0 Å². The number of rotatable bonds is 0. The molecule has 0 amide bonds. The highest BCUT2D eigenvalue weighted by molar-refractivity contribution is 5.09. The molecule has 1 aliphatic carbocycles. The number of hydrogen-bond acceptors (Lipinski definition) is 2. The van der Waals surface area contributed by atoms with Gasteiger partial charge in [0, 0.05) is 0 Å². The van der Waals surface area contributed by atoms with Gasteiger partial charge in [-0.25, -0.2) is 0 Å². The maximum absolute atomic E-state index is 10.2. The summed E-state index contributed by atoms with van der Waals surface area (Å²) in [5, 5.41) is 10.2. The van der Waals surface area contributed by atoms with Crippen LogP contribution in [-0.4, -0.2) is 22.9 Å². The van der Waals surface area contributed by atoms with Crippen molar-refractivity contribution in [2.75, 3.05) is 0 Å². The van der Waals surface area contributed by atoms with Crippen LogP contribution in [-0.2, 0) is 4.74 Å². The molecule has 2 aliphatic rings. The molecular weight excluding hydrogens is 212 g/mol. The summed E-state index contributed by atoms with van der Waals surface area (Å²) in [5.74, 6) is 0. The molecule has 98 valence electrons. The summed E-state index contributed by atoms with van der Waals surface area (Å²) < 4.78 is 5.73. The number of aliphatic hydroxyl groups is 1. The van der Waals surface area contributed by atoms with Gasteiger partial charge in [-0.1, -0.05) is 25.5 Å². The molecule has 1 aliphatic heterocycles. The maximum Gasteiger partial charge on any atom is 0.118 e. The molecule has 2 heteroatoms. The van der Waals surface area contributed by atoms with Gasteiger partial charge in [-0.15, -0.1) is 0 Å². The average molecular weight is 238 g/mol. The second-order valence-electron chi connectivity index (χ2n) is 6.80. The van der Waals surface area contributed by atoms with Crippen LogP contribution >= 0.6 is 0 Å². The first-order chi connectivity index (χ1) is 7.83. The molecule has 3 atom stereocenters. The fourth-order valence-corrected chi connectivity index (χ4v) is 2.74. The van der Waals surface area contributed by atoms with Crippen LogP contribution in [0.4, 0.5) is 0 Å². The van der Waals surface area contributed by atoms with Gasteiger partial charge >= 0.3 is 0 Å². The van der Waals surface area contributed by atoms with Crippen molar-refractivity contribution in [3.8, 4) is 0 Å². The molecule has 1 N–H and O–H groups in total. The minimum atomic E-state index is -0.301. The lowest BCUT2D eigenvalue weighted by Gasteiger charge is -2.25. The summed E-state index contributed by atoms with van der Waals surface area (Å²) >= 11 is 0. The zero-order valence-corrected chi connectivity index (χ0v) is 11.6. The molecule has 17 heavy (non-hydrogen) atoms. The maximum atomic E-state index is 10.2. The van der Waals surface area contributed by atoms with Crippen molar-refractivity contribution in [3.05, 3.63) is 11.6 Å². The van der Waals surface area contributed by atoms with Gasteiger partial charge in [-0.05, 0) is 51.4 Å². The first kappa shape index (κ1) is 13.1. The van der Waals surface area contributed by atoms with E-state index in [9.17, 15) is 5.11 Å². The molecule has 0 saturated carbocycles. The van der Waals surface area contributed by atoms with Crippen LogP contribution in [0.5, 0.6) is 0 Å². The number of hydrogen-bond donors (Lipinski definition) is 1. The molecule has 0 radical (unpaired) electrons. The van der Waals surface area contributed by atoms with Gasteiger partial charge in [0.15, 0.2) is 0 Å². The minimum Gasteiger partial charge on any atom is -0.390 e. The largest absolute Gasteiger partial charge is 0.390 e. The number of allylic oxidation sites excluding steroid dienone is 2. The Morgan fingerprint density at radius 1 is 1.29 bits per heavy atom.